The fourth-order valence-corrected chi connectivity index (χ4v) is 2.86. The van der Waals surface area contributed by atoms with Gasteiger partial charge in [0.15, 0.2) is 0 Å². The smallest absolute Gasteiger partial charge is 0.0518 e. The van der Waals surface area contributed by atoms with Crippen molar-refractivity contribution in [1.29, 1.82) is 0 Å². The molecule has 0 aromatic carbocycles. The summed E-state index contributed by atoms with van der Waals surface area (Å²) in [6.07, 6.45) is 8.73. The number of rotatable bonds is 2. The Labute approximate surface area is 69.1 Å². The van der Waals surface area contributed by atoms with Crippen molar-refractivity contribution >= 4 is 0 Å². The number of hydrogen-bond donors (Lipinski definition) is 0. The average Bonchev–Trinajstić information content (AvgIpc) is 2.07. The lowest BCUT2D eigenvalue weighted by Crippen LogP contribution is -2.37. The summed E-state index contributed by atoms with van der Waals surface area (Å²) in [5.74, 6) is 1.08. The topological polar surface area (TPSA) is 9.23 Å². The lowest BCUT2D eigenvalue weighted by Gasteiger charge is -2.46. The Kier molecular flexibility index (Phi) is 1.92. The van der Waals surface area contributed by atoms with Crippen LogP contribution in [0.5, 0.6) is 0 Å². The van der Waals surface area contributed by atoms with E-state index >= 15 is 0 Å². The predicted octanol–water partition coefficient (Wildman–Crippen LogP) is 2.60. The Hall–Kier alpha value is -0.0400. The van der Waals surface area contributed by atoms with Crippen LogP contribution in [0.3, 0.4) is 0 Å². The SMILES string of the molecule is COCC12CCC(CC1)CC2. The maximum Gasteiger partial charge on any atom is 0.0518 e. The summed E-state index contributed by atoms with van der Waals surface area (Å²) < 4.78 is 5.30. The predicted molar refractivity (Wildman–Crippen MR) is 45.5 cm³/mol. The Bertz CT molecular complexity index is 114. The largest absolute Gasteiger partial charge is 0.384 e. The monoisotopic (exact) mass is 154 g/mol. The normalized spacial score (nSPS) is 42.8. The van der Waals surface area contributed by atoms with Gasteiger partial charge in [-0.2, -0.15) is 0 Å². The fraction of sp³-hybridized carbons (Fsp3) is 1.00. The summed E-state index contributed by atoms with van der Waals surface area (Å²) in [4.78, 5) is 0. The third-order valence-corrected chi connectivity index (χ3v) is 3.70. The van der Waals surface area contributed by atoms with Gasteiger partial charge in [0.25, 0.3) is 0 Å². The third kappa shape index (κ3) is 1.31. The van der Waals surface area contributed by atoms with Crippen LogP contribution >= 0.6 is 0 Å². The van der Waals surface area contributed by atoms with Gasteiger partial charge in [-0.05, 0) is 49.9 Å². The standard InChI is InChI=1S/C10H18O/c1-11-8-10-5-2-9(3-6-10)4-7-10/h9H,2-8H2,1H3. The van der Waals surface area contributed by atoms with Crippen molar-refractivity contribution in [2.75, 3.05) is 13.7 Å². The molecule has 0 aromatic rings. The molecule has 64 valence electrons. The second-order valence-electron chi connectivity index (χ2n) is 4.42. The van der Waals surface area contributed by atoms with Gasteiger partial charge < -0.3 is 4.74 Å². The summed E-state index contributed by atoms with van der Waals surface area (Å²) in [5.41, 5.74) is 0.615. The van der Waals surface area contributed by atoms with Crippen molar-refractivity contribution < 1.29 is 4.74 Å². The second kappa shape index (κ2) is 2.78. The molecule has 0 spiro atoms. The molecule has 11 heavy (non-hydrogen) atoms. The molecule has 0 aliphatic heterocycles. The Morgan fingerprint density at radius 2 is 1.73 bits per heavy atom. The highest BCUT2D eigenvalue weighted by molar-refractivity contribution is 4.91. The summed E-state index contributed by atoms with van der Waals surface area (Å²) in [7, 11) is 1.84. The van der Waals surface area contributed by atoms with E-state index in [2.05, 4.69) is 0 Å². The van der Waals surface area contributed by atoms with Crippen LogP contribution in [0, 0.1) is 11.3 Å². The quantitative estimate of drug-likeness (QED) is 0.594. The van der Waals surface area contributed by atoms with E-state index in [1.807, 2.05) is 7.11 Å². The minimum absolute atomic E-state index is 0.615. The van der Waals surface area contributed by atoms with Crippen molar-refractivity contribution in [1.82, 2.24) is 0 Å². The highest BCUT2D eigenvalue weighted by atomic mass is 16.5. The van der Waals surface area contributed by atoms with Gasteiger partial charge in [0.05, 0.1) is 6.61 Å². The lowest BCUT2D eigenvalue weighted by molar-refractivity contribution is -0.00903. The van der Waals surface area contributed by atoms with E-state index in [1.165, 1.54) is 38.5 Å². The Balaban J connectivity index is 2.00. The molecule has 2 bridgehead atoms. The van der Waals surface area contributed by atoms with E-state index < -0.39 is 0 Å². The van der Waals surface area contributed by atoms with E-state index in [9.17, 15) is 0 Å². The lowest BCUT2D eigenvalue weighted by atomic mass is 9.61. The van der Waals surface area contributed by atoms with Crippen LogP contribution in [0.15, 0.2) is 0 Å². The molecule has 1 nitrogen and oxygen atoms in total. The first-order valence-corrected chi connectivity index (χ1v) is 4.84. The van der Waals surface area contributed by atoms with Gasteiger partial charge in [-0.3, -0.25) is 0 Å². The number of hydrogen-bond acceptors (Lipinski definition) is 1. The number of ether oxygens (including phenoxy) is 1. The number of methoxy groups -OCH3 is 1. The molecule has 3 aliphatic carbocycles. The van der Waals surface area contributed by atoms with Gasteiger partial charge in [0, 0.05) is 7.11 Å². The van der Waals surface area contributed by atoms with Crippen molar-refractivity contribution in [2.45, 2.75) is 38.5 Å². The highest BCUT2D eigenvalue weighted by Gasteiger charge is 2.39. The van der Waals surface area contributed by atoms with Gasteiger partial charge in [-0.25, -0.2) is 0 Å². The molecule has 3 rings (SSSR count). The maximum atomic E-state index is 5.30. The van der Waals surface area contributed by atoms with Crippen molar-refractivity contribution in [3.63, 3.8) is 0 Å². The molecule has 3 aliphatic rings. The molecule has 1 heteroatoms. The van der Waals surface area contributed by atoms with Crippen molar-refractivity contribution in [2.24, 2.45) is 11.3 Å². The molecule has 0 radical (unpaired) electrons. The summed E-state index contributed by atoms with van der Waals surface area (Å²) in [6.45, 7) is 1.01. The summed E-state index contributed by atoms with van der Waals surface area (Å²) >= 11 is 0. The van der Waals surface area contributed by atoms with E-state index in [-0.39, 0.29) is 0 Å². The van der Waals surface area contributed by atoms with Crippen LogP contribution < -0.4 is 0 Å². The van der Waals surface area contributed by atoms with Crippen LogP contribution in [0.1, 0.15) is 38.5 Å². The van der Waals surface area contributed by atoms with Crippen molar-refractivity contribution in [3.8, 4) is 0 Å². The Morgan fingerprint density at radius 3 is 2.18 bits per heavy atom. The molecule has 0 N–H and O–H groups in total. The summed E-state index contributed by atoms with van der Waals surface area (Å²) in [5, 5.41) is 0. The maximum absolute atomic E-state index is 5.30. The molecule has 3 fully saturated rings. The zero-order chi connectivity index (χ0) is 7.73. The molecule has 0 atom stereocenters. The molecule has 3 saturated carbocycles. The first kappa shape index (κ1) is 7.60. The van der Waals surface area contributed by atoms with Crippen molar-refractivity contribution in [3.05, 3.63) is 0 Å². The molecule has 0 unspecified atom stereocenters. The molecule has 0 saturated heterocycles. The van der Waals surface area contributed by atoms with Crippen LogP contribution in [0.4, 0.5) is 0 Å². The molecule has 0 heterocycles. The first-order valence-electron chi connectivity index (χ1n) is 4.84. The van der Waals surface area contributed by atoms with Crippen LogP contribution in [-0.2, 0) is 4.74 Å². The zero-order valence-electron chi connectivity index (χ0n) is 7.44. The van der Waals surface area contributed by atoms with Gasteiger partial charge in [0.2, 0.25) is 0 Å². The summed E-state index contributed by atoms with van der Waals surface area (Å²) in [6, 6.07) is 0. The molecular formula is C10H18O. The molecule has 0 aromatic heterocycles. The van der Waals surface area contributed by atoms with Gasteiger partial charge in [-0.1, -0.05) is 0 Å². The Morgan fingerprint density at radius 1 is 1.18 bits per heavy atom. The van der Waals surface area contributed by atoms with Crippen LogP contribution in [0.25, 0.3) is 0 Å². The minimum Gasteiger partial charge on any atom is -0.384 e. The zero-order valence-corrected chi connectivity index (χ0v) is 7.44. The van der Waals surface area contributed by atoms with E-state index in [4.69, 9.17) is 4.74 Å². The van der Waals surface area contributed by atoms with E-state index in [0.29, 0.717) is 5.41 Å². The highest BCUT2D eigenvalue weighted by Crippen LogP contribution is 2.50. The van der Waals surface area contributed by atoms with Gasteiger partial charge in [-0.15, -0.1) is 0 Å². The van der Waals surface area contributed by atoms with E-state index in [1.54, 1.807) is 0 Å². The van der Waals surface area contributed by atoms with E-state index in [0.717, 1.165) is 12.5 Å². The molecule has 0 amide bonds. The van der Waals surface area contributed by atoms with Gasteiger partial charge in [0.1, 0.15) is 0 Å². The van der Waals surface area contributed by atoms with Crippen LogP contribution in [0.2, 0.25) is 0 Å². The fourth-order valence-electron chi connectivity index (χ4n) is 2.86. The minimum atomic E-state index is 0.615. The first-order chi connectivity index (χ1) is 5.35. The third-order valence-electron chi connectivity index (χ3n) is 3.70. The van der Waals surface area contributed by atoms with Crippen LogP contribution in [-0.4, -0.2) is 13.7 Å². The number of fused-ring (bicyclic) bond motifs is 3. The average molecular weight is 154 g/mol. The van der Waals surface area contributed by atoms with Gasteiger partial charge >= 0.3 is 0 Å². The molecular weight excluding hydrogens is 136 g/mol. The second-order valence-corrected chi connectivity index (χ2v) is 4.42.